The fourth-order valence-corrected chi connectivity index (χ4v) is 7.18. The van der Waals surface area contributed by atoms with E-state index in [2.05, 4.69) is 11.1 Å². The van der Waals surface area contributed by atoms with Crippen molar-refractivity contribution in [3.8, 4) is 11.3 Å². The first kappa shape index (κ1) is 22.7. The summed E-state index contributed by atoms with van der Waals surface area (Å²) < 4.78 is 34.0. The van der Waals surface area contributed by atoms with E-state index >= 15 is 0 Å². The van der Waals surface area contributed by atoms with Crippen molar-refractivity contribution in [1.29, 1.82) is 0 Å². The van der Waals surface area contributed by atoms with Crippen LogP contribution in [0.2, 0.25) is 0 Å². The molecule has 1 aliphatic carbocycles. The Morgan fingerprint density at radius 2 is 1.80 bits per heavy atom. The molecule has 1 aromatic carbocycles. The van der Waals surface area contributed by atoms with Crippen LogP contribution in [0.15, 0.2) is 47.5 Å². The smallest absolute Gasteiger partial charge is 0.245 e. The number of amides is 1. The molecule has 0 unspecified atom stereocenters. The standard InChI is InChI=1S/C26H30N4O4S/c31-26(29-11-13-34-14-12-29)24-9-10-30(24)35(32,33)20-16-21(25(27-17-20)18-5-1-2-6-18)23-15-19-7-3-4-8-22(19)28-23/h3-4,7-8,15-18,24,28H,1-2,5-6,9-14H2/t24-/m0/s1. The number of para-hydroxylation sites is 1. The second kappa shape index (κ2) is 9.04. The lowest BCUT2D eigenvalue weighted by Crippen LogP contribution is -2.60. The first-order valence-corrected chi connectivity index (χ1v) is 13.9. The van der Waals surface area contributed by atoms with E-state index in [1.54, 1.807) is 11.0 Å². The first-order chi connectivity index (χ1) is 17.0. The monoisotopic (exact) mass is 494 g/mol. The number of carbonyl (C=O) groups excluding carboxylic acids is 1. The van der Waals surface area contributed by atoms with Crippen LogP contribution in [0.5, 0.6) is 0 Å². The van der Waals surface area contributed by atoms with Gasteiger partial charge in [0.2, 0.25) is 15.9 Å². The number of nitrogens with one attached hydrogen (secondary N) is 1. The summed E-state index contributed by atoms with van der Waals surface area (Å²) >= 11 is 0. The van der Waals surface area contributed by atoms with Gasteiger partial charge in [-0.25, -0.2) is 8.42 Å². The Labute approximate surface area is 205 Å². The highest BCUT2D eigenvalue weighted by Crippen LogP contribution is 2.40. The topological polar surface area (TPSA) is 95.6 Å². The summed E-state index contributed by atoms with van der Waals surface area (Å²) in [4.78, 5) is 23.1. The molecule has 0 radical (unpaired) electrons. The highest BCUT2D eigenvalue weighted by molar-refractivity contribution is 7.89. The summed E-state index contributed by atoms with van der Waals surface area (Å²) in [6.07, 6.45) is 6.49. The molecule has 184 valence electrons. The number of ether oxygens (including phenoxy) is 1. The van der Waals surface area contributed by atoms with Crippen LogP contribution < -0.4 is 0 Å². The van der Waals surface area contributed by atoms with Crippen LogP contribution in [0.3, 0.4) is 0 Å². The lowest BCUT2D eigenvalue weighted by Gasteiger charge is -2.41. The van der Waals surface area contributed by atoms with Crippen LogP contribution >= 0.6 is 0 Å². The number of hydrogen-bond donors (Lipinski definition) is 1. The van der Waals surface area contributed by atoms with Crippen molar-refractivity contribution in [2.24, 2.45) is 0 Å². The Morgan fingerprint density at radius 1 is 1.03 bits per heavy atom. The minimum absolute atomic E-state index is 0.130. The zero-order chi connectivity index (χ0) is 24.0. The van der Waals surface area contributed by atoms with Gasteiger partial charge in [0.1, 0.15) is 10.9 Å². The maximum absolute atomic E-state index is 13.7. The van der Waals surface area contributed by atoms with E-state index in [0.717, 1.165) is 53.5 Å². The number of nitrogens with zero attached hydrogens (tertiary/aromatic N) is 3. The Bertz CT molecular complexity index is 1320. The molecule has 9 heteroatoms. The number of morpholine rings is 1. The van der Waals surface area contributed by atoms with Crippen molar-refractivity contribution in [1.82, 2.24) is 19.2 Å². The van der Waals surface area contributed by atoms with E-state index in [9.17, 15) is 13.2 Å². The van der Waals surface area contributed by atoms with Crippen molar-refractivity contribution >= 4 is 26.8 Å². The molecule has 2 saturated heterocycles. The zero-order valence-electron chi connectivity index (χ0n) is 19.7. The summed E-state index contributed by atoms with van der Waals surface area (Å²) in [5.74, 6) is 0.197. The molecule has 35 heavy (non-hydrogen) atoms. The SMILES string of the molecule is O=C([C@@H]1CCN1S(=O)(=O)c1cnc(C2CCCC2)c(-c2cc3ccccc3[nH]2)c1)N1CCOCC1. The molecular weight excluding hydrogens is 464 g/mol. The molecule has 8 nitrogen and oxygen atoms in total. The van der Waals surface area contributed by atoms with Gasteiger partial charge in [-0.3, -0.25) is 9.78 Å². The van der Waals surface area contributed by atoms with Crippen molar-refractivity contribution in [2.75, 3.05) is 32.8 Å². The highest BCUT2D eigenvalue weighted by atomic mass is 32.2. The molecule has 3 aromatic rings. The van der Waals surface area contributed by atoms with Crippen LogP contribution in [-0.4, -0.2) is 72.4 Å². The molecule has 4 heterocycles. The van der Waals surface area contributed by atoms with E-state index in [4.69, 9.17) is 9.72 Å². The summed E-state index contributed by atoms with van der Waals surface area (Å²) in [5.41, 5.74) is 3.68. The van der Waals surface area contributed by atoms with Gasteiger partial charge in [-0.15, -0.1) is 0 Å². The predicted octanol–water partition coefficient (Wildman–Crippen LogP) is 3.51. The van der Waals surface area contributed by atoms with Gasteiger partial charge in [0, 0.05) is 53.9 Å². The van der Waals surface area contributed by atoms with E-state index in [1.807, 2.05) is 24.3 Å². The number of fused-ring (bicyclic) bond motifs is 1. The Morgan fingerprint density at radius 3 is 2.51 bits per heavy atom. The Balaban J connectivity index is 1.36. The van der Waals surface area contributed by atoms with Crippen LogP contribution in [0.25, 0.3) is 22.2 Å². The number of benzene rings is 1. The number of hydrogen-bond acceptors (Lipinski definition) is 5. The average molecular weight is 495 g/mol. The molecule has 1 N–H and O–H groups in total. The summed E-state index contributed by atoms with van der Waals surface area (Å²) in [5, 5.41) is 1.08. The molecule has 0 bridgehead atoms. The molecule has 2 aliphatic heterocycles. The normalized spacial score (nSPS) is 21.9. The summed E-state index contributed by atoms with van der Waals surface area (Å²) in [6.45, 7) is 2.34. The number of pyridine rings is 1. The molecule has 1 atom stereocenters. The number of carbonyl (C=O) groups is 1. The van der Waals surface area contributed by atoms with E-state index in [1.165, 1.54) is 10.5 Å². The quantitative estimate of drug-likeness (QED) is 0.586. The van der Waals surface area contributed by atoms with E-state index in [0.29, 0.717) is 45.2 Å². The molecule has 2 aromatic heterocycles. The molecular formula is C26H30N4O4S. The average Bonchev–Trinajstić information content (AvgIpc) is 3.53. The van der Waals surface area contributed by atoms with Crippen LogP contribution in [-0.2, 0) is 19.6 Å². The van der Waals surface area contributed by atoms with Crippen molar-refractivity contribution in [3.63, 3.8) is 0 Å². The minimum Gasteiger partial charge on any atom is -0.378 e. The van der Waals surface area contributed by atoms with Crippen LogP contribution in [0, 0.1) is 0 Å². The maximum Gasteiger partial charge on any atom is 0.245 e. The number of H-pyrrole nitrogens is 1. The van der Waals surface area contributed by atoms with Gasteiger partial charge in [0.15, 0.2) is 0 Å². The van der Waals surface area contributed by atoms with Crippen LogP contribution in [0.4, 0.5) is 0 Å². The van der Waals surface area contributed by atoms with Gasteiger partial charge in [-0.2, -0.15) is 4.31 Å². The molecule has 0 spiro atoms. The maximum atomic E-state index is 13.7. The third kappa shape index (κ3) is 4.05. The number of rotatable bonds is 5. The minimum atomic E-state index is -3.86. The molecule has 6 rings (SSSR count). The van der Waals surface area contributed by atoms with E-state index < -0.39 is 16.1 Å². The second-order valence-corrected chi connectivity index (χ2v) is 11.6. The molecule has 1 amide bonds. The molecule has 1 saturated carbocycles. The third-order valence-electron chi connectivity index (χ3n) is 7.64. The summed E-state index contributed by atoms with van der Waals surface area (Å²) in [6, 6.07) is 11.2. The van der Waals surface area contributed by atoms with Gasteiger partial charge in [-0.05, 0) is 37.5 Å². The lowest BCUT2D eigenvalue weighted by molar-refractivity contribution is -0.142. The zero-order valence-corrected chi connectivity index (χ0v) is 20.5. The fourth-order valence-electron chi connectivity index (χ4n) is 5.58. The van der Waals surface area contributed by atoms with Crippen molar-refractivity contribution < 1.29 is 17.9 Å². The van der Waals surface area contributed by atoms with Gasteiger partial charge >= 0.3 is 0 Å². The predicted molar refractivity (Wildman–Crippen MR) is 132 cm³/mol. The Hall–Kier alpha value is -2.75. The van der Waals surface area contributed by atoms with Crippen LogP contribution in [0.1, 0.15) is 43.7 Å². The largest absolute Gasteiger partial charge is 0.378 e. The molecule has 3 aliphatic rings. The van der Waals surface area contributed by atoms with Gasteiger partial charge < -0.3 is 14.6 Å². The number of aromatic nitrogens is 2. The van der Waals surface area contributed by atoms with Gasteiger partial charge in [-0.1, -0.05) is 31.0 Å². The van der Waals surface area contributed by atoms with Gasteiger partial charge in [0.05, 0.1) is 18.9 Å². The lowest BCUT2D eigenvalue weighted by atomic mass is 9.97. The third-order valence-corrected chi connectivity index (χ3v) is 9.51. The van der Waals surface area contributed by atoms with E-state index in [-0.39, 0.29) is 10.8 Å². The van der Waals surface area contributed by atoms with Crippen molar-refractivity contribution in [3.05, 3.63) is 48.3 Å². The first-order valence-electron chi connectivity index (χ1n) is 12.5. The molecule has 3 fully saturated rings. The second-order valence-electron chi connectivity index (χ2n) is 9.71. The Kier molecular flexibility index (Phi) is 5.86. The number of sulfonamides is 1. The summed E-state index contributed by atoms with van der Waals surface area (Å²) in [7, 11) is -3.86. The number of aromatic amines is 1. The fraction of sp³-hybridized carbons (Fsp3) is 0.462. The highest BCUT2D eigenvalue weighted by Gasteiger charge is 2.45. The van der Waals surface area contributed by atoms with Gasteiger partial charge in [0.25, 0.3) is 0 Å². The van der Waals surface area contributed by atoms with Crippen molar-refractivity contribution in [2.45, 2.75) is 49.0 Å².